The van der Waals surface area contributed by atoms with Crippen molar-refractivity contribution >= 4 is 11.8 Å². The van der Waals surface area contributed by atoms with Crippen LogP contribution < -0.4 is 0 Å². The van der Waals surface area contributed by atoms with E-state index in [1.54, 1.807) is 19.1 Å². The summed E-state index contributed by atoms with van der Waals surface area (Å²) < 4.78 is 5.73. The molecule has 122 valence electrons. The molecule has 0 aliphatic carbocycles. The third-order valence-electron chi connectivity index (χ3n) is 3.88. The average Bonchev–Trinajstić information content (AvgIpc) is 2.49. The minimum Gasteiger partial charge on any atom is -0.459 e. The van der Waals surface area contributed by atoms with Crippen LogP contribution in [-0.2, 0) is 9.53 Å². The second-order valence-corrected chi connectivity index (χ2v) is 6.50. The summed E-state index contributed by atoms with van der Waals surface area (Å²) in [6.07, 6.45) is 3.03. The van der Waals surface area contributed by atoms with E-state index in [1.165, 1.54) is 0 Å². The molecule has 0 saturated carbocycles. The molecule has 0 radical (unpaired) electrons. The van der Waals surface area contributed by atoms with Gasteiger partial charge < -0.3 is 9.53 Å². The number of hydrogen-bond acceptors (Lipinski definition) is 3. The number of ether oxygens (including phenoxy) is 1. The number of carbonyl (C=O) groups excluding carboxylic acids is 2. The molecule has 1 rings (SSSR count). The molecule has 0 saturated heterocycles. The highest BCUT2D eigenvalue weighted by Crippen LogP contribution is 2.22. The number of carbonyl (C=O) groups is 2. The molecule has 3 nitrogen and oxygen atoms in total. The van der Waals surface area contributed by atoms with Crippen LogP contribution >= 0.6 is 0 Å². The van der Waals surface area contributed by atoms with E-state index in [0.717, 1.165) is 19.3 Å². The molecule has 1 aromatic carbocycles. The molecule has 1 aromatic rings. The van der Waals surface area contributed by atoms with E-state index >= 15 is 0 Å². The smallest absolute Gasteiger partial charge is 0.338 e. The van der Waals surface area contributed by atoms with Crippen LogP contribution in [0.3, 0.4) is 0 Å². The number of Topliss-reactive ketones (excluding diaryl/α,β-unsaturated/α-hetero) is 1. The van der Waals surface area contributed by atoms with Crippen molar-refractivity contribution in [1.82, 2.24) is 0 Å². The van der Waals surface area contributed by atoms with Gasteiger partial charge in [0.15, 0.2) is 0 Å². The normalized spacial score (nSPS) is 13.7. The summed E-state index contributed by atoms with van der Waals surface area (Å²) in [5.41, 5.74) is 0.579. The highest BCUT2D eigenvalue weighted by molar-refractivity contribution is 5.89. The first-order valence-corrected chi connectivity index (χ1v) is 8.15. The van der Waals surface area contributed by atoms with Crippen LogP contribution in [0.15, 0.2) is 30.3 Å². The van der Waals surface area contributed by atoms with Crippen LogP contribution in [0.2, 0.25) is 0 Å². The summed E-state index contributed by atoms with van der Waals surface area (Å²) in [5, 5.41) is 0. The second kappa shape index (κ2) is 9.39. The average molecular weight is 304 g/mol. The van der Waals surface area contributed by atoms with Gasteiger partial charge >= 0.3 is 5.97 Å². The minimum absolute atomic E-state index is 0.130. The molecule has 0 bridgehead atoms. The van der Waals surface area contributed by atoms with Crippen molar-refractivity contribution in [2.45, 2.75) is 59.5 Å². The maximum atomic E-state index is 12.3. The summed E-state index contributed by atoms with van der Waals surface area (Å²) in [5.74, 6) is 0.668. The summed E-state index contributed by atoms with van der Waals surface area (Å²) in [6.45, 7) is 7.99. The molecule has 22 heavy (non-hydrogen) atoms. The molecule has 2 atom stereocenters. The fourth-order valence-electron chi connectivity index (χ4n) is 2.35. The van der Waals surface area contributed by atoms with E-state index in [9.17, 15) is 9.59 Å². The van der Waals surface area contributed by atoms with E-state index in [4.69, 9.17) is 4.74 Å². The standard InChI is InChI=1S/C19H28O3/c1-14(2)10-13-18(15(3)11-12-16(4)20)22-19(21)17-8-6-5-7-9-17/h5-9,14-15,18H,10-13H2,1-4H3. The van der Waals surface area contributed by atoms with Crippen molar-refractivity contribution in [2.75, 3.05) is 0 Å². The van der Waals surface area contributed by atoms with Gasteiger partial charge in [-0.25, -0.2) is 4.79 Å². The zero-order chi connectivity index (χ0) is 16.5. The number of benzene rings is 1. The molecule has 2 unspecified atom stereocenters. The predicted octanol–water partition coefficient (Wildman–Crippen LogP) is 4.65. The monoisotopic (exact) mass is 304 g/mol. The molecule has 0 fully saturated rings. The molecule has 0 aliphatic rings. The van der Waals surface area contributed by atoms with E-state index in [-0.39, 0.29) is 23.8 Å². The van der Waals surface area contributed by atoms with Crippen LogP contribution in [0.4, 0.5) is 0 Å². The van der Waals surface area contributed by atoms with Crippen molar-refractivity contribution in [3.05, 3.63) is 35.9 Å². The minimum atomic E-state index is -0.274. The van der Waals surface area contributed by atoms with Gasteiger partial charge in [-0.05, 0) is 50.2 Å². The third kappa shape index (κ3) is 6.88. The first-order valence-electron chi connectivity index (χ1n) is 8.15. The van der Waals surface area contributed by atoms with Crippen LogP contribution in [0.1, 0.15) is 63.7 Å². The Bertz CT molecular complexity index is 465. The van der Waals surface area contributed by atoms with Gasteiger partial charge in [0, 0.05) is 6.42 Å². The van der Waals surface area contributed by atoms with Crippen molar-refractivity contribution in [1.29, 1.82) is 0 Å². The summed E-state index contributed by atoms with van der Waals surface area (Å²) in [7, 11) is 0. The number of hydrogen-bond donors (Lipinski definition) is 0. The maximum Gasteiger partial charge on any atom is 0.338 e. The van der Waals surface area contributed by atoms with Crippen LogP contribution in [0.5, 0.6) is 0 Å². The van der Waals surface area contributed by atoms with Crippen molar-refractivity contribution < 1.29 is 14.3 Å². The van der Waals surface area contributed by atoms with Crippen LogP contribution in [-0.4, -0.2) is 17.9 Å². The van der Waals surface area contributed by atoms with E-state index in [2.05, 4.69) is 20.8 Å². The molecule has 0 aromatic heterocycles. The van der Waals surface area contributed by atoms with Gasteiger partial charge in [-0.2, -0.15) is 0 Å². The molecular weight excluding hydrogens is 276 g/mol. The van der Waals surface area contributed by atoms with Gasteiger partial charge in [-0.15, -0.1) is 0 Å². The highest BCUT2D eigenvalue weighted by atomic mass is 16.5. The Morgan fingerprint density at radius 2 is 1.64 bits per heavy atom. The molecule has 0 amide bonds. The number of esters is 1. The Hall–Kier alpha value is -1.64. The lowest BCUT2D eigenvalue weighted by Crippen LogP contribution is -2.26. The van der Waals surface area contributed by atoms with Gasteiger partial charge in [0.05, 0.1) is 5.56 Å². The second-order valence-electron chi connectivity index (χ2n) is 6.50. The summed E-state index contributed by atoms with van der Waals surface area (Å²) >= 11 is 0. The van der Waals surface area contributed by atoms with Crippen molar-refractivity contribution in [3.8, 4) is 0 Å². The van der Waals surface area contributed by atoms with E-state index in [1.807, 2.05) is 18.2 Å². The van der Waals surface area contributed by atoms with Gasteiger partial charge in [0.2, 0.25) is 0 Å². The summed E-state index contributed by atoms with van der Waals surface area (Å²) in [6, 6.07) is 9.07. The Morgan fingerprint density at radius 1 is 1.00 bits per heavy atom. The zero-order valence-corrected chi connectivity index (χ0v) is 14.2. The number of rotatable bonds is 9. The molecular formula is C19H28O3. The van der Waals surface area contributed by atoms with Gasteiger partial charge in [0.25, 0.3) is 0 Å². The Morgan fingerprint density at radius 3 is 2.18 bits per heavy atom. The fourth-order valence-corrected chi connectivity index (χ4v) is 2.35. The lowest BCUT2D eigenvalue weighted by Gasteiger charge is -2.25. The SMILES string of the molecule is CC(=O)CCC(C)C(CCC(C)C)OC(=O)c1ccccc1. The first-order chi connectivity index (χ1) is 10.4. The zero-order valence-electron chi connectivity index (χ0n) is 14.2. The van der Waals surface area contributed by atoms with Crippen LogP contribution in [0.25, 0.3) is 0 Å². The van der Waals surface area contributed by atoms with E-state index < -0.39 is 0 Å². The largest absolute Gasteiger partial charge is 0.459 e. The molecule has 0 heterocycles. The Kier molecular flexibility index (Phi) is 7.86. The lowest BCUT2D eigenvalue weighted by atomic mass is 9.92. The van der Waals surface area contributed by atoms with Crippen LogP contribution in [0, 0.1) is 11.8 Å². The number of ketones is 1. The molecule has 3 heteroatoms. The van der Waals surface area contributed by atoms with Gasteiger partial charge in [0.1, 0.15) is 11.9 Å². The fraction of sp³-hybridized carbons (Fsp3) is 0.579. The topological polar surface area (TPSA) is 43.4 Å². The van der Waals surface area contributed by atoms with Gasteiger partial charge in [-0.3, -0.25) is 0 Å². The van der Waals surface area contributed by atoms with Gasteiger partial charge in [-0.1, -0.05) is 39.0 Å². The quantitative estimate of drug-likeness (QED) is 0.623. The van der Waals surface area contributed by atoms with E-state index in [0.29, 0.717) is 17.9 Å². The first kappa shape index (κ1) is 18.4. The van der Waals surface area contributed by atoms with Crippen molar-refractivity contribution in [2.24, 2.45) is 11.8 Å². The Balaban J connectivity index is 2.68. The molecule has 0 N–H and O–H groups in total. The molecule has 0 spiro atoms. The third-order valence-corrected chi connectivity index (χ3v) is 3.88. The maximum absolute atomic E-state index is 12.3. The molecule has 0 aliphatic heterocycles. The summed E-state index contributed by atoms with van der Waals surface area (Å²) in [4.78, 5) is 23.4. The lowest BCUT2D eigenvalue weighted by molar-refractivity contribution is -0.117. The highest BCUT2D eigenvalue weighted by Gasteiger charge is 2.22. The predicted molar refractivity (Wildman–Crippen MR) is 88.8 cm³/mol. The van der Waals surface area contributed by atoms with Crippen molar-refractivity contribution in [3.63, 3.8) is 0 Å². The Labute approximate surface area is 134 Å².